The molecule has 0 saturated carbocycles. The number of aliphatic hydroxyl groups is 2. The minimum absolute atomic E-state index is 0.00163. The molecule has 0 fully saturated rings. The molecule has 0 heterocycles. The van der Waals surface area contributed by atoms with Crippen molar-refractivity contribution in [2.45, 2.75) is 398 Å². The number of ether oxygens (including phenoxy) is 1. The maximum Gasteiger partial charge on any atom is 0.305 e. The van der Waals surface area contributed by atoms with Crippen molar-refractivity contribution in [2.24, 2.45) is 0 Å². The van der Waals surface area contributed by atoms with Crippen molar-refractivity contribution in [3.8, 4) is 0 Å². The van der Waals surface area contributed by atoms with Crippen molar-refractivity contribution in [1.29, 1.82) is 0 Å². The van der Waals surface area contributed by atoms with Gasteiger partial charge < -0.3 is 20.3 Å². The van der Waals surface area contributed by atoms with Crippen LogP contribution in [0.5, 0.6) is 0 Å². The maximum absolute atomic E-state index is 12.5. The van der Waals surface area contributed by atoms with Gasteiger partial charge in [0.15, 0.2) is 0 Å². The van der Waals surface area contributed by atoms with E-state index >= 15 is 0 Å². The van der Waals surface area contributed by atoms with Crippen molar-refractivity contribution in [1.82, 2.24) is 5.32 Å². The lowest BCUT2D eigenvalue weighted by molar-refractivity contribution is -0.143. The SMILES string of the molecule is CCCCCC/C=C\C/C=C\CCCCCCCCCC(=O)OCCCCCCCCCCCC/C=C\CCCCCCCCCC(=O)NC(CO)C(O)CCCCCCCCCCCCCCCCCCCCCCCC. The molecule has 78 heavy (non-hydrogen) atoms. The van der Waals surface area contributed by atoms with Gasteiger partial charge in [0, 0.05) is 12.8 Å². The first-order valence-corrected chi connectivity index (χ1v) is 35.2. The summed E-state index contributed by atoms with van der Waals surface area (Å²) in [6.07, 6.45) is 86.1. The number of unbranched alkanes of at least 4 members (excludes halogenated alkanes) is 49. The second kappa shape index (κ2) is 67.6. The Balaban J connectivity index is 3.42. The van der Waals surface area contributed by atoms with Gasteiger partial charge in [-0.2, -0.15) is 0 Å². The summed E-state index contributed by atoms with van der Waals surface area (Å²) in [6, 6.07) is -0.549. The first-order valence-electron chi connectivity index (χ1n) is 35.2. The summed E-state index contributed by atoms with van der Waals surface area (Å²) in [4.78, 5) is 24.6. The van der Waals surface area contributed by atoms with Gasteiger partial charge in [-0.3, -0.25) is 9.59 Å². The zero-order valence-corrected chi connectivity index (χ0v) is 52.7. The van der Waals surface area contributed by atoms with Gasteiger partial charge in [0.1, 0.15) is 0 Å². The molecule has 0 aliphatic heterocycles. The quantitative estimate of drug-likeness (QED) is 0.0320. The molecular weight excluding hydrogens is 959 g/mol. The van der Waals surface area contributed by atoms with Crippen LogP contribution in [-0.4, -0.2) is 47.4 Å². The van der Waals surface area contributed by atoms with Crippen LogP contribution in [0.2, 0.25) is 0 Å². The third-order valence-electron chi connectivity index (χ3n) is 16.4. The summed E-state index contributed by atoms with van der Waals surface area (Å²) in [5.74, 6) is -0.0374. The second-order valence-electron chi connectivity index (χ2n) is 24.2. The Kier molecular flexibility index (Phi) is 65.9. The summed E-state index contributed by atoms with van der Waals surface area (Å²) in [7, 11) is 0. The summed E-state index contributed by atoms with van der Waals surface area (Å²) < 4.78 is 5.50. The average molecular weight is 1100 g/mol. The lowest BCUT2D eigenvalue weighted by Gasteiger charge is -2.22. The standard InChI is InChI=1S/C72H137NO5/c1-3-5-7-9-11-13-15-17-19-21-23-24-26-29-32-36-40-44-48-52-56-60-64-70(75)69(68-74)73-71(76)65-61-57-53-49-45-41-37-33-30-27-25-28-31-35-39-43-47-51-55-59-63-67-78-72(77)66-62-58-54-50-46-42-38-34-22-20-18-16-14-12-10-8-6-4-2/h14,16,20,22,27,30,69-70,74-75H,3-13,15,17-19,21,23-26,28-29,31-68H2,1-2H3,(H,73,76)/b16-14-,22-20-,30-27-. The fourth-order valence-corrected chi connectivity index (χ4v) is 11.0. The zero-order valence-electron chi connectivity index (χ0n) is 52.7. The van der Waals surface area contributed by atoms with E-state index in [0.717, 1.165) is 51.4 Å². The zero-order chi connectivity index (χ0) is 56.4. The van der Waals surface area contributed by atoms with E-state index in [9.17, 15) is 19.8 Å². The van der Waals surface area contributed by atoms with Crippen LogP contribution in [0.15, 0.2) is 36.5 Å². The monoisotopic (exact) mass is 1100 g/mol. The summed E-state index contributed by atoms with van der Waals surface area (Å²) in [5.41, 5.74) is 0. The molecule has 460 valence electrons. The Labute approximate surface area is 487 Å². The third kappa shape index (κ3) is 63.3. The Bertz CT molecular complexity index is 1260. The molecule has 0 bridgehead atoms. The smallest absolute Gasteiger partial charge is 0.305 e. The minimum atomic E-state index is -0.671. The average Bonchev–Trinajstić information content (AvgIpc) is 3.44. The fourth-order valence-electron chi connectivity index (χ4n) is 11.0. The largest absolute Gasteiger partial charge is 0.466 e. The van der Waals surface area contributed by atoms with E-state index < -0.39 is 12.1 Å². The van der Waals surface area contributed by atoms with Gasteiger partial charge in [0.25, 0.3) is 0 Å². The maximum atomic E-state index is 12.5. The van der Waals surface area contributed by atoms with E-state index in [1.165, 1.54) is 302 Å². The third-order valence-corrected chi connectivity index (χ3v) is 16.4. The van der Waals surface area contributed by atoms with Crippen molar-refractivity contribution in [3.63, 3.8) is 0 Å². The molecule has 1 amide bonds. The number of esters is 1. The van der Waals surface area contributed by atoms with Gasteiger partial charge in [0.2, 0.25) is 5.91 Å². The van der Waals surface area contributed by atoms with Crippen molar-refractivity contribution < 1.29 is 24.5 Å². The van der Waals surface area contributed by atoms with E-state index in [1.54, 1.807) is 0 Å². The van der Waals surface area contributed by atoms with Crippen molar-refractivity contribution >= 4 is 11.9 Å². The molecule has 0 aliphatic carbocycles. The number of carbonyl (C=O) groups excluding carboxylic acids is 2. The Morgan fingerprint density at radius 2 is 0.641 bits per heavy atom. The number of carbonyl (C=O) groups is 2. The lowest BCUT2D eigenvalue weighted by atomic mass is 10.0. The van der Waals surface area contributed by atoms with E-state index in [0.29, 0.717) is 25.9 Å². The highest BCUT2D eigenvalue weighted by atomic mass is 16.5. The molecule has 2 unspecified atom stereocenters. The predicted molar refractivity (Wildman–Crippen MR) is 343 cm³/mol. The van der Waals surface area contributed by atoms with Gasteiger partial charge in [-0.05, 0) is 83.5 Å². The van der Waals surface area contributed by atoms with Gasteiger partial charge in [-0.25, -0.2) is 0 Å². The van der Waals surface area contributed by atoms with E-state index in [4.69, 9.17) is 4.74 Å². The molecule has 0 aromatic carbocycles. The number of hydrogen-bond acceptors (Lipinski definition) is 5. The Morgan fingerprint density at radius 3 is 1.00 bits per heavy atom. The van der Waals surface area contributed by atoms with Gasteiger partial charge in [-0.15, -0.1) is 0 Å². The summed E-state index contributed by atoms with van der Waals surface area (Å²) >= 11 is 0. The number of allylic oxidation sites excluding steroid dienone is 6. The highest BCUT2D eigenvalue weighted by Crippen LogP contribution is 2.18. The molecule has 0 aromatic heterocycles. The fraction of sp³-hybridized carbons (Fsp3) is 0.889. The predicted octanol–water partition coefficient (Wildman–Crippen LogP) is 22.7. The molecule has 0 saturated heterocycles. The van der Waals surface area contributed by atoms with Crippen LogP contribution in [0.4, 0.5) is 0 Å². The second-order valence-corrected chi connectivity index (χ2v) is 24.2. The van der Waals surface area contributed by atoms with Crippen LogP contribution in [-0.2, 0) is 14.3 Å². The van der Waals surface area contributed by atoms with Crippen LogP contribution in [0.25, 0.3) is 0 Å². The number of nitrogens with one attached hydrogen (secondary N) is 1. The summed E-state index contributed by atoms with van der Waals surface area (Å²) in [6.45, 7) is 4.96. The van der Waals surface area contributed by atoms with Gasteiger partial charge >= 0.3 is 5.97 Å². The number of aliphatic hydroxyl groups excluding tert-OH is 2. The minimum Gasteiger partial charge on any atom is -0.466 e. The van der Waals surface area contributed by atoms with E-state index in [-0.39, 0.29) is 18.5 Å². The molecule has 3 N–H and O–H groups in total. The molecule has 0 radical (unpaired) electrons. The molecule has 0 rings (SSSR count). The topological polar surface area (TPSA) is 95.9 Å². The van der Waals surface area contributed by atoms with Crippen LogP contribution < -0.4 is 5.32 Å². The molecule has 0 aromatic rings. The van der Waals surface area contributed by atoms with E-state index in [1.807, 2.05) is 0 Å². The van der Waals surface area contributed by atoms with Crippen LogP contribution in [0.3, 0.4) is 0 Å². The summed E-state index contributed by atoms with van der Waals surface area (Å²) in [5, 5.41) is 23.4. The van der Waals surface area contributed by atoms with E-state index in [2.05, 4.69) is 55.6 Å². The molecule has 2 atom stereocenters. The van der Waals surface area contributed by atoms with Crippen LogP contribution in [0.1, 0.15) is 386 Å². The number of rotatable bonds is 66. The van der Waals surface area contributed by atoms with Crippen molar-refractivity contribution in [2.75, 3.05) is 13.2 Å². The van der Waals surface area contributed by atoms with Crippen molar-refractivity contribution in [3.05, 3.63) is 36.5 Å². The molecule has 6 heteroatoms. The van der Waals surface area contributed by atoms with Crippen LogP contribution in [0, 0.1) is 0 Å². The normalized spacial score (nSPS) is 12.7. The molecular formula is C72H137NO5. The van der Waals surface area contributed by atoms with Gasteiger partial charge in [-0.1, -0.05) is 326 Å². The van der Waals surface area contributed by atoms with Gasteiger partial charge in [0.05, 0.1) is 25.4 Å². The Hall–Kier alpha value is -1.92. The number of hydrogen-bond donors (Lipinski definition) is 3. The van der Waals surface area contributed by atoms with Crippen LogP contribution >= 0.6 is 0 Å². The molecule has 0 aliphatic rings. The molecule has 0 spiro atoms. The Morgan fingerprint density at radius 1 is 0.359 bits per heavy atom. The first-order chi connectivity index (χ1) is 38.5. The highest BCUT2D eigenvalue weighted by Gasteiger charge is 2.20. The molecule has 6 nitrogen and oxygen atoms in total. The highest BCUT2D eigenvalue weighted by molar-refractivity contribution is 5.76. The number of amides is 1. The lowest BCUT2D eigenvalue weighted by Crippen LogP contribution is -2.45. The first kappa shape index (κ1) is 76.1.